The van der Waals surface area contributed by atoms with Crippen LogP contribution in [0.15, 0.2) is 48.5 Å². The van der Waals surface area contributed by atoms with Gasteiger partial charge in [0.1, 0.15) is 6.29 Å². The Balaban J connectivity index is 2.23. The molecule has 2 aromatic carbocycles. The molecule has 2 aromatic rings. The molecule has 17 heavy (non-hydrogen) atoms. The summed E-state index contributed by atoms with van der Waals surface area (Å²) in [5.74, 6) is 0. The third kappa shape index (κ3) is 3.08. The minimum absolute atomic E-state index is 0.383. The van der Waals surface area contributed by atoms with Gasteiger partial charge >= 0.3 is 0 Å². The van der Waals surface area contributed by atoms with Crippen LogP contribution in [0.3, 0.4) is 0 Å². The van der Waals surface area contributed by atoms with Crippen LogP contribution in [0.4, 0.5) is 17.1 Å². The fraction of sp³-hybridized carbons (Fsp3) is 0.0714. The summed E-state index contributed by atoms with van der Waals surface area (Å²) in [5.41, 5.74) is 9.25. The van der Waals surface area contributed by atoms with Crippen LogP contribution in [-0.2, 0) is 11.2 Å². The lowest BCUT2D eigenvalue weighted by Gasteiger charge is -2.08. The van der Waals surface area contributed by atoms with Gasteiger partial charge in [0.05, 0.1) is 0 Å². The first-order chi connectivity index (χ1) is 8.28. The van der Waals surface area contributed by atoms with Gasteiger partial charge in [-0.2, -0.15) is 0 Å². The number of rotatable bonds is 4. The molecule has 0 spiro atoms. The van der Waals surface area contributed by atoms with Crippen LogP contribution in [0, 0.1) is 0 Å². The van der Waals surface area contributed by atoms with Crippen LogP contribution in [0.25, 0.3) is 0 Å². The molecule has 3 heteroatoms. The summed E-state index contributed by atoms with van der Waals surface area (Å²) in [6.45, 7) is 0. The zero-order valence-electron chi connectivity index (χ0n) is 9.39. The first-order valence-electron chi connectivity index (χ1n) is 5.43. The Kier molecular flexibility index (Phi) is 3.40. The first-order valence-corrected chi connectivity index (χ1v) is 5.43. The molecule has 0 radical (unpaired) electrons. The van der Waals surface area contributed by atoms with Gasteiger partial charge in [-0.1, -0.05) is 18.2 Å². The van der Waals surface area contributed by atoms with E-state index in [9.17, 15) is 4.79 Å². The molecule has 0 bridgehead atoms. The van der Waals surface area contributed by atoms with Crippen molar-refractivity contribution in [2.45, 2.75) is 6.42 Å². The van der Waals surface area contributed by atoms with Gasteiger partial charge in [-0.25, -0.2) is 0 Å². The van der Waals surface area contributed by atoms with Crippen molar-refractivity contribution in [1.29, 1.82) is 0 Å². The highest BCUT2D eigenvalue weighted by Crippen LogP contribution is 2.21. The fourth-order valence-electron chi connectivity index (χ4n) is 1.69. The molecule has 3 N–H and O–H groups in total. The molecule has 0 amide bonds. The second kappa shape index (κ2) is 5.16. The number of anilines is 3. The highest BCUT2D eigenvalue weighted by Gasteiger charge is 1.99. The molecule has 0 aromatic heterocycles. The largest absolute Gasteiger partial charge is 0.399 e. The molecular formula is C14H14N2O. The van der Waals surface area contributed by atoms with Gasteiger partial charge in [-0.3, -0.25) is 0 Å². The summed E-state index contributed by atoms with van der Waals surface area (Å²) in [4.78, 5) is 10.5. The van der Waals surface area contributed by atoms with Gasteiger partial charge in [0.2, 0.25) is 0 Å². The van der Waals surface area contributed by atoms with Crippen molar-refractivity contribution < 1.29 is 4.79 Å². The van der Waals surface area contributed by atoms with Crippen molar-refractivity contribution in [3.63, 3.8) is 0 Å². The quantitative estimate of drug-likeness (QED) is 0.622. The molecule has 0 aliphatic heterocycles. The SMILES string of the molecule is Nc1cc(CC=O)cc(Nc2ccccc2)c1. The number of nitrogens with two attached hydrogens (primary N) is 1. The van der Waals surface area contributed by atoms with Crippen molar-refractivity contribution in [2.24, 2.45) is 0 Å². The number of benzene rings is 2. The molecule has 0 fully saturated rings. The molecule has 0 heterocycles. The second-order valence-electron chi connectivity index (χ2n) is 3.83. The van der Waals surface area contributed by atoms with Crippen LogP contribution in [0.5, 0.6) is 0 Å². The van der Waals surface area contributed by atoms with Gasteiger partial charge in [-0.05, 0) is 35.9 Å². The summed E-state index contributed by atoms with van der Waals surface area (Å²) in [5, 5.41) is 3.25. The summed E-state index contributed by atoms with van der Waals surface area (Å²) < 4.78 is 0. The number of nitrogen functional groups attached to an aromatic ring is 1. The Hall–Kier alpha value is -2.29. The molecular weight excluding hydrogens is 212 g/mol. The predicted octanol–water partition coefficient (Wildman–Crippen LogP) is 2.75. The van der Waals surface area contributed by atoms with E-state index in [0.717, 1.165) is 23.2 Å². The van der Waals surface area contributed by atoms with Gasteiger partial charge in [-0.15, -0.1) is 0 Å². The van der Waals surface area contributed by atoms with Crippen LogP contribution < -0.4 is 11.1 Å². The molecule has 2 rings (SSSR count). The molecule has 0 atom stereocenters. The highest BCUT2D eigenvalue weighted by molar-refractivity contribution is 5.67. The molecule has 0 saturated carbocycles. The maximum Gasteiger partial charge on any atom is 0.124 e. The van der Waals surface area contributed by atoms with E-state index in [1.54, 1.807) is 0 Å². The van der Waals surface area contributed by atoms with Crippen LogP contribution in [-0.4, -0.2) is 6.29 Å². The lowest BCUT2D eigenvalue weighted by molar-refractivity contribution is -0.107. The molecule has 86 valence electrons. The number of nitrogens with one attached hydrogen (secondary N) is 1. The van der Waals surface area contributed by atoms with Crippen LogP contribution in [0.1, 0.15) is 5.56 Å². The van der Waals surface area contributed by atoms with Crippen LogP contribution >= 0.6 is 0 Å². The molecule has 0 aliphatic carbocycles. The Morgan fingerprint density at radius 1 is 1.06 bits per heavy atom. The number of carbonyl (C=O) groups excluding carboxylic acids is 1. The van der Waals surface area contributed by atoms with E-state index in [2.05, 4.69) is 5.32 Å². The maximum absolute atomic E-state index is 10.5. The zero-order chi connectivity index (χ0) is 12.1. The molecule has 3 nitrogen and oxygen atoms in total. The summed E-state index contributed by atoms with van der Waals surface area (Å²) in [6, 6.07) is 15.4. The smallest absolute Gasteiger partial charge is 0.124 e. The number of carbonyl (C=O) groups is 1. The van der Waals surface area contributed by atoms with Crippen LogP contribution in [0.2, 0.25) is 0 Å². The van der Waals surface area contributed by atoms with E-state index in [-0.39, 0.29) is 0 Å². The van der Waals surface area contributed by atoms with E-state index < -0.39 is 0 Å². The lowest BCUT2D eigenvalue weighted by atomic mass is 10.1. The van der Waals surface area contributed by atoms with Gasteiger partial charge in [0.25, 0.3) is 0 Å². The summed E-state index contributed by atoms with van der Waals surface area (Å²) in [7, 11) is 0. The predicted molar refractivity (Wildman–Crippen MR) is 70.3 cm³/mol. The zero-order valence-corrected chi connectivity index (χ0v) is 9.39. The second-order valence-corrected chi connectivity index (χ2v) is 3.83. The van der Waals surface area contributed by atoms with Gasteiger partial charge < -0.3 is 15.8 Å². The average molecular weight is 226 g/mol. The topological polar surface area (TPSA) is 55.1 Å². The average Bonchev–Trinajstić information content (AvgIpc) is 2.30. The first kappa shape index (κ1) is 11.2. The third-order valence-corrected chi connectivity index (χ3v) is 2.40. The third-order valence-electron chi connectivity index (χ3n) is 2.40. The Bertz CT molecular complexity index is 509. The van der Waals surface area contributed by atoms with E-state index >= 15 is 0 Å². The van der Waals surface area contributed by atoms with E-state index in [1.165, 1.54) is 0 Å². The van der Waals surface area contributed by atoms with Crippen molar-refractivity contribution in [1.82, 2.24) is 0 Å². The highest BCUT2D eigenvalue weighted by atomic mass is 16.1. The normalized spacial score (nSPS) is 9.88. The summed E-state index contributed by atoms with van der Waals surface area (Å²) in [6.07, 6.45) is 1.26. The van der Waals surface area contributed by atoms with Gasteiger partial charge in [0, 0.05) is 23.5 Å². The van der Waals surface area contributed by atoms with E-state index in [1.807, 2.05) is 48.5 Å². The number of hydrogen-bond acceptors (Lipinski definition) is 3. The Morgan fingerprint density at radius 3 is 2.53 bits per heavy atom. The number of hydrogen-bond donors (Lipinski definition) is 2. The molecule has 0 saturated heterocycles. The maximum atomic E-state index is 10.5. The minimum Gasteiger partial charge on any atom is -0.399 e. The summed E-state index contributed by atoms with van der Waals surface area (Å²) >= 11 is 0. The monoisotopic (exact) mass is 226 g/mol. The Morgan fingerprint density at radius 2 is 1.82 bits per heavy atom. The van der Waals surface area contributed by atoms with Gasteiger partial charge in [0.15, 0.2) is 0 Å². The molecule has 0 unspecified atom stereocenters. The standard InChI is InChI=1S/C14H14N2O/c15-12-8-11(6-7-17)9-14(10-12)16-13-4-2-1-3-5-13/h1-5,7-10,16H,6,15H2. The van der Waals surface area contributed by atoms with Crippen molar-refractivity contribution >= 4 is 23.3 Å². The number of aldehydes is 1. The molecule has 0 aliphatic rings. The fourth-order valence-corrected chi connectivity index (χ4v) is 1.69. The lowest BCUT2D eigenvalue weighted by Crippen LogP contribution is -1.96. The van der Waals surface area contributed by atoms with E-state index in [0.29, 0.717) is 12.1 Å². The van der Waals surface area contributed by atoms with E-state index in [4.69, 9.17) is 5.73 Å². The minimum atomic E-state index is 0.383. The van der Waals surface area contributed by atoms with Crippen molar-refractivity contribution in [3.8, 4) is 0 Å². The van der Waals surface area contributed by atoms with Crippen molar-refractivity contribution in [2.75, 3.05) is 11.1 Å². The number of para-hydroxylation sites is 1. The van der Waals surface area contributed by atoms with Crippen molar-refractivity contribution in [3.05, 3.63) is 54.1 Å². The Labute approximate surface area is 100 Å².